The number of rotatable bonds is 1. The molecule has 4 nitrogen and oxygen atoms in total. The van der Waals surface area contributed by atoms with E-state index in [1.165, 1.54) is 26.4 Å². The van der Waals surface area contributed by atoms with E-state index in [0.717, 1.165) is 12.8 Å². The van der Waals surface area contributed by atoms with Crippen LogP contribution >= 0.6 is 0 Å². The first-order valence-corrected chi connectivity index (χ1v) is 6.52. The van der Waals surface area contributed by atoms with E-state index < -0.39 is 0 Å². The quantitative estimate of drug-likeness (QED) is 0.832. The Morgan fingerprint density at radius 3 is 2.28 bits per heavy atom. The summed E-state index contributed by atoms with van der Waals surface area (Å²) >= 11 is 0. The normalized spacial score (nSPS) is 26.1. The highest BCUT2D eigenvalue weighted by Crippen LogP contribution is 2.44. The van der Waals surface area contributed by atoms with Crippen molar-refractivity contribution in [3.05, 3.63) is 12.1 Å². The average molecular weight is 250 g/mol. The Bertz CT molecular complexity index is 444. The highest BCUT2D eigenvalue weighted by molar-refractivity contribution is 5.54. The van der Waals surface area contributed by atoms with Crippen molar-refractivity contribution in [3.8, 4) is 23.0 Å². The van der Waals surface area contributed by atoms with Crippen LogP contribution in [0.3, 0.4) is 0 Å². The van der Waals surface area contributed by atoms with Gasteiger partial charge in [-0.05, 0) is 25.7 Å². The molecule has 0 bridgehead atoms. The van der Waals surface area contributed by atoms with E-state index in [1.807, 2.05) is 0 Å². The minimum atomic E-state index is 0.0897. The van der Waals surface area contributed by atoms with E-state index in [9.17, 15) is 5.11 Å². The fraction of sp³-hybridized carbons (Fsp3) is 0.571. The second kappa shape index (κ2) is 4.59. The zero-order valence-corrected chi connectivity index (χ0v) is 10.5. The second-order valence-corrected chi connectivity index (χ2v) is 4.92. The Kier molecular flexibility index (Phi) is 2.94. The third-order valence-electron chi connectivity index (χ3n) is 3.69. The van der Waals surface area contributed by atoms with Crippen molar-refractivity contribution in [1.29, 1.82) is 0 Å². The molecule has 0 unspecified atom stereocenters. The Morgan fingerprint density at radius 1 is 1.06 bits per heavy atom. The first kappa shape index (κ1) is 11.5. The van der Waals surface area contributed by atoms with Crippen molar-refractivity contribution in [2.45, 2.75) is 44.3 Å². The van der Waals surface area contributed by atoms with Gasteiger partial charge in [-0.15, -0.1) is 0 Å². The molecule has 2 atom stereocenters. The van der Waals surface area contributed by atoms with Gasteiger partial charge in [-0.3, -0.25) is 0 Å². The van der Waals surface area contributed by atoms with Crippen LogP contribution in [0.1, 0.15) is 32.1 Å². The molecule has 1 N–H and O–H groups in total. The van der Waals surface area contributed by atoms with Crippen molar-refractivity contribution in [1.82, 2.24) is 0 Å². The van der Waals surface area contributed by atoms with E-state index in [1.54, 1.807) is 12.1 Å². The van der Waals surface area contributed by atoms with E-state index >= 15 is 0 Å². The lowest BCUT2D eigenvalue weighted by Crippen LogP contribution is -2.38. The lowest BCUT2D eigenvalue weighted by molar-refractivity contribution is 0.0164. The Hall–Kier alpha value is -1.58. The molecule has 1 saturated carbocycles. The fourth-order valence-corrected chi connectivity index (χ4v) is 2.71. The molecule has 0 amide bonds. The molecule has 1 aliphatic heterocycles. The molecule has 1 aromatic rings. The summed E-state index contributed by atoms with van der Waals surface area (Å²) in [5.74, 6) is 1.81. The van der Waals surface area contributed by atoms with Crippen molar-refractivity contribution in [2.75, 3.05) is 7.11 Å². The molecule has 1 heterocycles. The number of phenolic OH excluding ortho intramolecular Hbond substituents is 1. The number of hydrogen-bond donors (Lipinski definition) is 1. The van der Waals surface area contributed by atoms with Crippen LogP contribution in [-0.2, 0) is 0 Å². The summed E-state index contributed by atoms with van der Waals surface area (Å²) in [5.41, 5.74) is 0. The smallest absolute Gasteiger partial charge is 0.165 e. The predicted octanol–water partition coefficient (Wildman–Crippen LogP) is 2.87. The molecule has 0 radical (unpaired) electrons. The molecule has 1 aliphatic carbocycles. The van der Waals surface area contributed by atoms with E-state index in [-0.39, 0.29) is 18.0 Å². The monoisotopic (exact) mass is 250 g/mol. The molecule has 98 valence electrons. The van der Waals surface area contributed by atoms with Crippen LogP contribution < -0.4 is 14.2 Å². The van der Waals surface area contributed by atoms with Crippen LogP contribution in [0.25, 0.3) is 0 Å². The van der Waals surface area contributed by atoms with Gasteiger partial charge in [0.05, 0.1) is 7.11 Å². The molecule has 0 saturated heterocycles. The average Bonchev–Trinajstić information content (AvgIpc) is 2.60. The van der Waals surface area contributed by atoms with Gasteiger partial charge >= 0.3 is 0 Å². The molecular formula is C14H18O4. The van der Waals surface area contributed by atoms with E-state index in [0.29, 0.717) is 17.2 Å². The molecule has 4 heteroatoms. The first-order valence-electron chi connectivity index (χ1n) is 6.52. The maximum Gasteiger partial charge on any atom is 0.165 e. The van der Waals surface area contributed by atoms with Crippen molar-refractivity contribution < 1.29 is 19.3 Å². The molecule has 2 aliphatic rings. The van der Waals surface area contributed by atoms with Gasteiger partial charge in [0.25, 0.3) is 0 Å². The maximum atomic E-state index is 9.76. The summed E-state index contributed by atoms with van der Waals surface area (Å²) in [6.07, 6.45) is 5.92. The molecule has 0 spiro atoms. The summed E-state index contributed by atoms with van der Waals surface area (Å²) in [6.45, 7) is 0. The minimum Gasteiger partial charge on any atom is -0.504 e. The molecule has 3 rings (SSSR count). The molecular weight excluding hydrogens is 232 g/mol. The summed E-state index contributed by atoms with van der Waals surface area (Å²) in [7, 11) is 1.53. The van der Waals surface area contributed by atoms with E-state index in [2.05, 4.69) is 0 Å². The third-order valence-corrected chi connectivity index (χ3v) is 3.69. The first-order chi connectivity index (χ1) is 8.78. The zero-order chi connectivity index (χ0) is 12.5. The number of hydrogen-bond acceptors (Lipinski definition) is 4. The zero-order valence-electron chi connectivity index (χ0n) is 10.5. The van der Waals surface area contributed by atoms with Crippen LogP contribution in [0.4, 0.5) is 0 Å². The van der Waals surface area contributed by atoms with Gasteiger partial charge in [0, 0.05) is 12.1 Å². The number of ether oxygens (including phenoxy) is 3. The summed E-state index contributed by atoms with van der Waals surface area (Å²) < 4.78 is 17.0. The largest absolute Gasteiger partial charge is 0.504 e. The van der Waals surface area contributed by atoms with Crippen LogP contribution in [0.2, 0.25) is 0 Å². The van der Waals surface area contributed by atoms with Gasteiger partial charge in [0.1, 0.15) is 12.2 Å². The Morgan fingerprint density at radius 2 is 1.67 bits per heavy atom. The molecule has 1 aromatic carbocycles. The number of methoxy groups -OCH3 is 1. The lowest BCUT2D eigenvalue weighted by Gasteiger charge is -2.33. The van der Waals surface area contributed by atoms with Gasteiger partial charge < -0.3 is 19.3 Å². The van der Waals surface area contributed by atoms with Gasteiger partial charge in [0.15, 0.2) is 23.0 Å². The van der Waals surface area contributed by atoms with Gasteiger partial charge in [0.2, 0.25) is 0 Å². The standard InChI is InChI=1S/C14H18O4/c1-16-12-8-14-13(7-9(12)15)17-10-5-3-2-4-6-11(10)18-14/h7-8,10-11,15H,2-6H2,1H3/t10-,11+/m1/s1. The van der Waals surface area contributed by atoms with Gasteiger partial charge in [-0.25, -0.2) is 0 Å². The highest BCUT2D eigenvalue weighted by Gasteiger charge is 2.33. The lowest BCUT2D eigenvalue weighted by atomic mass is 10.1. The second-order valence-electron chi connectivity index (χ2n) is 4.92. The third kappa shape index (κ3) is 1.96. The van der Waals surface area contributed by atoms with Crippen LogP contribution in [0, 0.1) is 0 Å². The van der Waals surface area contributed by atoms with Crippen molar-refractivity contribution in [3.63, 3.8) is 0 Å². The Balaban J connectivity index is 1.91. The van der Waals surface area contributed by atoms with Crippen LogP contribution in [-0.4, -0.2) is 24.4 Å². The minimum absolute atomic E-state index is 0.0897. The van der Waals surface area contributed by atoms with Crippen LogP contribution in [0.15, 0.2) is 12.1 Å². The summed E-state index contributed by atoms with van der Waals surface area (Å²) in [4.78, 5) is 0. The summed E-state index contributed by atoms with van der Waals surface area (Å²) in [6, 6.07) is 3.28. The maximum absolute atomic E-state index is 9.76. The molecule has 0 aromatic heterocycles. The van der Waals surface area contributed by atoms with Gasteiger partial charge in [-0.1, -0.05) is 6.42 Å². The van der Waals surface area contributed by atoms with Crippen molar-refractivity contribution >= 4 is 0 Å². The van der Waals surface area contributed by atoms with Gasteiger partial charge in [-0.2, -0.15) is 0 Å². The molecule has 18 heavy (non-hydrogen) atoms. The van der Waals surface area contributed by atoms with E-state index in [4.69, 9.17) is 14.2 Å². The van der Waals surface area contributed by atoms with Crippen molar-refractivity contribution in [2.24, 2.45) is 0 Å². The summed E-state index contributed by atoms with van der Waals surface area (Å²) in [5, 5.41) is 9.76. The van der Waals surface area contributed by atoms with Crippen LogP contribution in [0.5, 0.6) is 23.0 Å². The topological polar surface area (TPSA) is 47.9 Å². The molecule has 1 fully saturated rings. The predicted molar refractivity (Wildman–Crippen MR) is 66.6 cm³/mol. The fourth-order valence-electron chi connectivity index (χ4n) is 2.71. The number of aromatic hydroxyl groups is 1. The number of phenols is 1. The number of benzene rings is 1. The Labute approximate surface area is 106 Å². The SMILES string of the molecule is COc1cc2c(cc1O)O[C@@H]1CCCCC[C@@H]1O2. The highest BCUT2D eigenvalue weighted by atomic mass is 16.6. The number of fused-ring (bicyclic) bond motifs is 2.